The number of Topliss-reactive ketones (excluding diaryl/α,β-unsaturated/α-hetero) is 1. The smallest absolute Gasteiger partial charge is 0.372 e. The summed E-state index contributed by atoms with van der Waals surface area (Å²) in [5.41, 5.74) is 0. The molecule has 0 aromatic heterocycles. The summed E-state index contributed by atoms with van der Waals surface area (Å²) in [5.74, 6) is -4.84. The lowest BCUT2D eigenvalue weighted by atomic mass is 10.3. The summed E-state index contributed by atoms with van der Waals surface area (Å²) in [6.45, 7) is 0. The van der Waals surface area contributed by atoms with Crippen molar-refractivity contribution in [3.63, 3.8) is 0 Å². The molecular weight excluding hydrogens is 108 g/mol. The highest BCUT2D eigenvalue weighted by Crippen LogP contribution is 2.29. The average molecular weight is 118 g/mol. The first-order valence-electron chi connectivity index (χ1n) is 4.00. The summed E-state index contributed by atoms with van der Waals surface area (Å²) >= 11 is 0. The van der Waals surface area contributed by atoms with Gasteiger partial charge in [-0.2, -0.15) is 0 Å². The number of aliphatic carboxylic acids is 1. The fourth-order valence-electron chi connectivity index (χ4n) is 0.296. The van der Waals surface area contributed by atoms with Gasteiger partial charge in [0.15, 0.2) is 0 Å². The lowest BCUT2D eigenvalue weighted by Crippen LogP contribution is -2.13. The van der Waals surface area contributed by atoms with Gasteiger partial charge in [0, 0.05) is 11.4 Å². The minimum atomic E-state index is -2.33. The first-order valence-corrected chi connectivity index (χ1v) is 2.00. The molecule has 1 aliphatic rings. The second-order valence-electron chi connectivity index (χ2n) is 1.39. The second kappa shape index (κ2) is 1.58. The van der Waals surface area contributed by atoms with Crippen LogP contribution in [0.4, 0.5) is 0 Å². The highest BCUT2D eigenvalue weighted by molar-refractivity contribution is 6.34. The van der Waals surface area contributed by atoms with Crippen LogP contribution in [0.1, 0.15) is 18.2 Å². The Morgan fingerprint density at radius 1 is 1.62 bits per heavy atom. The minimum Gasteiger partial charge on any atom is -0.475 e. The Bertz CT molecular complexity index is 245. The van der Waals surface area contributed by atoms with Gasteiger partial charge in [0.2, 0.25) is 5.78 Å². The highest BCUT2D eigenvalue weighted by atomic mass is 16.4. The first-order chi connectivity index (χ1) is 5.23. The molecule has 0 heterocycles. The topological polar surface area (TPSA) is 54.4 Å². The van der Waals surface area contributed by atoms with Crippen molar-refractivity contribution in [3.8, 4) is 0 Å². The van der Waals surface area contributed by atoms with Crippen LogP contribution in [0.5, 0.6) is 0 Å². The van der Waals surface area contributed by atoms with E-state index in [0.29, 0.717) is 0 Å². The van der Waals surface area contributed by atoms with E-state index < -0.39 is 30.4 Å². The van der Waals surface area contributed by atoms with Crippen LogP contribution in [0.15, 0.2) is 0 Å². The Morgan fingerprint density at radius 2 is 2.12 bits per heavy atom. The fourth-order valence-corrected chi connectivity index (χ4v) is 0.296. The lowest BCUT2D eigenvalue weighted by Gasteiger charge is -1.83. The van der Waals surface area contributed by atoms with E-state index >= 15 is 0 Å². The first kappa shape index (κ1) is 2.17. The zero-order chi connectivity index (χ0) is 9.73. The maximum atomic E-state index is 10.7. The molecule has 1 rings (SSSR count). The van der Waals surface area contributed by atoms with Crippen LogP contribution in [-0.4, -0.2) is 16.9 Å². The van der Waals surface area contributed by atoms with E-state index in [1.165, 1.54) is 0 Å². The molecule has 3 nitrogen and oxygen atoms in total. The Balaban J connectivity index is 2.85. The van der Waals surface area contributed by atoms with Crippen molar-refractivity contribution in [1.82, 2.24) is 0 Å². The van der Waals surface area contributed by atoms with Crippen molar-refractivity contribution in [2.45, 2.75) is 12.7 Å². The van der Waals surface area contributed by atoms with Crippen molar-refractivity contribution in [1.29, 1.82) is 0 Å². The molecular formula is C5H6O3. The predicted molar refractivity (Wildman–Crippen MR) is 25.4 cm³/mol. The van der Waals surface area contributed by atoms with Crippen molar-refractivity contribution >= 4 is 11.8 Å². The van der Waals surface area contributed by atoms with E-state index in [1.54, 1.807) is 0 Å². The van der Waals surface area contributed by atoms with Gasteiger partial charge in [-0.25, -0.2) is 4.79 Å². The maximum Gasteiger partial charge on any atom is 0.372 e. The average Bonchev–Trinajstić information content (AvgIpc) is 2.23. The standard InChI is InChI=1S/C5H6O3/c6-4(5(7)8)3-1-2-3/h3H,1-2H2,(H,7,8)/i1D2,2D2. The summed E-state index contributed by atoms with van der Waals surface area (Å²) < 4.78 is 27.8. The SMILES string of the molecule is [2H]C1([2H])C(C(=O)C(=O)O)C1([2H])[2H]. The van der Waals surface area contributed by atoms with Gasteiger partial charge in [-0.05, 0) is 12.7 Å². The Labute approximate surface area is 51.9 Å². The molecule has 0 aliphatic heterocycles. The molecule has 1 aliphatic carbocycles. The Morgan fingerprint density at radius 3 is 2.25 bits per heavy atom. The van der Waals surface area contributed by atoms with Crippen molar-refractivity contribution in [2.24, 2.45) is 5.92 Å². The van der Waals surface area contributed by atoms with E-state index in [9.17, 15) is 9.59 Å². The Kier molecular flexibility index (Phi) is 0.428. The number of rotatable bonds is 2. The van der Waals surface area contributed by atoms with Gasteiger partial charge in [0.05, 0.1) is 0 Å². The fraction of sp³-hybridized carbons (Fsp3) is 0.600. The number of carbonyl (C=O) groups is 2. The number of hydrogen-bond acceptors (Lipinski definition) is 2. The third-order valence-electron chi connectivity index (χ3n) is 0.762. The molecule has 0 aromatic carbocycles. The molecule has 1 saturated carbocycles. The number of carbonyl (C=O) groups excluding carboxylic acids is 1. The predicted octanol–water partition coefficient (Wildman–Crippen LogP) is 0.0501. The van der Waals surface area contributed by atoms with E-state index in [-0.39, 0.29) is 0 Å². The maximum absolute atomic E-state index is 10.7. The van der Waals surface area contributed by atoms with Gasteiger partial charge < -0.3 is 5.11 Å². The monoisotopic (exact) mass is 118 g/mol. The van der Waals surface area contributed by atoms with Gasteiger partial charge in [-0.3, -0.25) is 4.79 Å². The van der Waals surface area contributed by atoms with Crippen molar-refractivity contribution < 1.29 is 20.2 Å². The molecule has 0 radical (unpaired) electrons. The van der Waals surface area contributed by atoms with Crippen LogP contribution in [0, 0.1) is 5.92 Å². The molecule has 0 atom stereocenters. The van der Waals surface area contributed by atoms with Gasteiger partial charge in [-0.15, -0.1) is 0 Å². The van der Waals surface area contributed by atoms with E-state index in [4.69, 9.17) is 10.6 Å². The van der Waals surface area contributed by atoms with Crippen molar-refractivity contribution in [3.05, 3.63) is 0 Å². The van der Waals surface area contributed by atoms with Crippen LogP contribution >= 0.6 is 0 Å². The molecule has 0 aromatic rings. The van der Waals surface area contributed by atoms with Gasteiger partial charge in [0.1, 0.15) is 0 Å². The van der Waals surface area contributed by atoms with Gasteiger partial charge >= 0.3 is 5.97 Å². The number of carboxylic acid groups (broad SMARTS) is 1. The van der Waals surface area contributed by atoms with Crippen LogP contribution in [0.25, 0.3) is 0 Å². The quantitative estimate of drug-likeness (QED) is 0.521. The third-order valence-corrected chi connectivity index (χ3v) is 0.762. The molecule has 0 bridgehead atoms. The molecule has 3 heteroatoms. The van der Waals surface area contributed by atoms with Crippen LogP contribution in [0.2, 0.25) is 0 Å². The Hall–Kier alpha value is -0.860. The molecule has 0 spiro atoms. The normalized spacial score (nSPS) is 38.0. The summed E-state index contributed by atoms with van der Waals surface area (Å²) in [7, 11) is 0. The van der Waals surface area contributed by atoms with Crippen molar-refractivity contribution in [2.75, 3.05) is 0 Å². The molecule has 0 saturated heterocycles. The zero-order valence-electron chi connectivity index (χ0n) is 7.84. The number of hydrogen-bond donors (Lipinski definition) is 1. The third kappa shape index (κ3) is 0.857. The second-order valence-corrected chi connectivity index (χ2v) is 1.39. The number of ketones is 1. The lowest BCUT2D eigenvalue weighted by molar-refractivity contribution is -0.149. The van der Waals surface area contributed by atoms with Gasteiger partial charge in [0.25, 0.3) is 0 Å². The van der Waals surface area contributed by atoms with Crippen LogP contribution < -0.4 is 0 Å². The molecule has 8 heavy (non-hydrogen) atoms. The molecule has 1 N–H and O–H groups in total. The molecule has 0 unspecified atom stereocenters. The zero-order valence-corrected chi connectivity index (χ0v) is 3.84. The summed E-state index contributed by atoms with van der Waals surface area (Å²) in [6, 6.07) is 0. The largest absolute Gasteiger partial charge is 0.475 e. The van der Waals surface area contributed by atoms with Gasteiger partial charge in [-0.1, -0.05) is 0 Å². The van der Waals surface area contributed by atoms with E-state index in [1.807, 2.05) is 0 Å². The van der Waals surface area contributed by atoms with E-state index in [0.717, 1.165) is 0 Å². The molecule has 44 valence electrons. The molecule has 0 amide bonds. The van der Waals surface area contributed by atoms with E-state index in [2.05, 4.69) is 0 Å². The highest BCUT2D eigenvalue weighted by Gasteiger charge is 2.33. The summed E-state index contributed by atoms with van der Waals surface area (Å²) in [6.07, 6.45) is -4.66. The minimum absolute atomic E-state index is 1.40. The molecule has 1 fully saturated rings. The van der Waals surface area contributed by atoms with Crippen LogP contribution in [-0.2, 0) is 9.59 Å². The summed E-state index contributed by atoms with van der Waals surface area (Å²) in [5, 5.41) is 8.17. The number of carboxylic acids is 1. The summed E-state index contributed by atoms with van der Waals surface area (Å²) in [4.78, 5) is 20.7. The van der Waals surface area contributed by atoms with Crippen LogP contribution in [0.3, 0.4) is 0 Å².